The molecule has 0 unspecified atom stereocenters. The zero-order chi connectivity index (χ0) is 25.4. The van der Waals surface area contributed by atoms with Gasteiger partial charge in [-0.2, -0.15) is 0 Å². The molecule has 8 nitrogen and oxygen atoms in total. The summed E-state index contributed by atoms with van der Waals surface area (Å²) in [5.41, 5.74) is -1.28. The normalized spacial score (nSPS) is 26.4. The van der Waals surface area contributed by atoms with Crippen molar-refractivity contribution in [1.29, 1.82) is 0 Å². The smallest absolute Gasteiger partial charge is 0.418 e. The van der Waals surface area contributed by atoms with Gasteiger partial charge < -0.3 is 29.9 Å². The lowest BCUT2D eigenvalue weighted by molar-refractivity contribution is -0.191. The monoisotopic (exact) mass is 506 g/mol. The molecule has 2 heterocycles. The standard InChI is InChI=1S/C28H50N4O4/c1-29-21-27(13-17-31(18-14-27)23-9-5-3-6-10-23)35-25(33)26(34)36-28(22-30-2)15-19-32(20-16-28)24-11-7-4-8-12-24/h23-24,29-30H,3-22H2,1-2H3. The van der Waals surface area contributed by atoms with Gasteiger partial charge in [0.05, 0.1) is 0 Å². The Labute approximate surface area is 218 Å². The number of carbonyl (C=O) groups is 2. The van der Waals surface area contributed by atoms with Crippen LogP contribution in [0.2, 0.25) is 0 Å². The van der Waals surface area contributed by atoms with Gasteiger partial charge in [0.2, 0.25) is 0 Å². The van der Waals surface area contributed by atoms with Crippen LogP contribution in [-0.4, -0.2) is 98.4 Å². The van der Waals surface area contributed by atoms with Crippen molar-refractivity contribution in [2.45, 2.75) is 113 Å². The molecular formula is C28H50N4O4. The fourth-order valence-electron chi connectivity index (χ4n) is 7.24. The van der Waals surface area contributed by atoms with E-state index in [2.05, 4.69) is 20.4 Å². The van der Waals surface area contributed by atoms with E-state index in [0.29, 0.717) is 25.2 Å². The van der Waals surface area contributed by atoms with Gasteiger partial charge in [0.1, 0.15) is 11.2 Å². The molecule has 0 amide bonds. The van der Waals surface area contributed by atoms with Gasteiger partial charge in [-0.1, -0.05) is 38.5 Å². The maximum absolute atomic E-state index is 13.0. The fourth-order valence-corrected chi connectivity index (χ4v) is 7.24. The summed E-state index contributed by atoms with van der Waals surface area (Å²) in [5.74, 6) is -1.66. The predicted octanol–water partition coefficient (Wildman–Crippen LogP) is 2.85. The van der Waals surface area contributed by atoms with E-state index >= 15 is 0 Å². The van der Waals surface area contributed by atoms with Crippen molar-refractivity contribution in [2.75, 3.05) is 53.4 Å². The molecule has 0 atom stereocenters. The molecule has 0 bridgehead atoms. The van der Waals surface area contributed by atoms with E-state index in [4.69, 9.17) is 9.47 Å². The molecule has 8 heteroatoms. The van der Waals surface area contributed by atoms with Crippen LogP contribution in [0.4, 0.5) is 0 Å². The second kappa shape index (κ2) is 13.0. The average Bonchev–Trinajstić information content (AvgIpc) is 2.91. The minimum absolute atomic E-state index is 0.558. The Bertz CT molecular complexity index is 644. The van der Waals surface area contributed by atoms with Gasteiger partial charge >= 0.3 is 11.9 Å². The third-order valence-corrected chi connectivity index (χ3v) is 9.38. The summed E-state index contributed by atoms with van der Waals surface area (Å²) in [6.07, 6.45) is 16.1. The number of nitrogens with zero attached hydrogens (tertiary/aromatic N) is 2. The Kier molecular flexibility index (Phi) is 10.1. The van der Waals surface area contributed by atoms with Crippen molar-refractivity contribution in [3.05, 3.63) is 0 Å². The van der Waals surface area contributed by atoms with Gasteiger partial charge in [-0.3, -0.25) is 0 Å². The minimum atomic E-state index is -0.832. The highest BCUT2D eigenvalue weighted by Gasteiger charge is 2.44. The van der Waals surface area contributed by atoms with Crippen LogP contribution < -0.4 is 10.6 Å². The fraction of sp³-hybridized carbons (Fsp3) is 0.929. The Morgan fingerprint density at radius 2 is 0.972 bits per heavy atom. The molecule has 206 valence electrons. The number of ether oxygens (including phenoxy) is 2. The number of likely N-dealkylation sites (N-methyl/N-ethyl adjacent to an activating group) is 2. The van der Waals surface area contributed by atoms with Crippen molar-refractivity contribution in [2.24, 2.45) is 0 Å². The van der Waals surface area contributed by atoms with E-state index in [0.717, 1.165) is 51.9 Å². The third kappa shape index (κ3) is 7.00. The number of piperidine rings is 2. The SMILES string of the molecule is CNCC1(OC(=O)C(=O)OC2(CNC)CCN(C3CCCCC3)CC2)CCN(C2CCCCC2)CC1. The summed E-state index contributed by atoms with van der Waals surface area (Å²) in [4.78, 5) is 31.2. The van der Waals surface area contributed by atoms with Gasteiger partial charge in [-0.05, 0) is 39.8 Å². The van der Waals surface area contributed by atoms with Crippen LogP contribution >= 0.6 is 0 Å². The molecule has 0 spiro atoms. The van der Waals surface area contributed by atoms with Crippen LogP contribution in [0.3, 0.4) is 0 Å². The second-order valence-corrected chi connectivity index (χ2v) is 11.9. The molecule has 2 aliphatic carbocycles. The van der Waals surface area contributed by atoms with E-state index in [-0.39, 0.29) is 0 Å². The lowest BCUT2D eigenvalue weighted by atomic mass is 9.87. The highest BCUT2D eigenvalue weighted by Crippen LogP contribution is 2.33. The molecule has 36 heavy (non-hydrogen) atoms. The van der Waals surface area contributed by atoms with E-state index in [1.54, 1.807) is 0 Å². The van der Waals surface area contributed by atoms with Crippen LogP contribution in [0, 0.1) is 0 Å². The molecule has 4 rings (SSSR count). The highest BCUT2D eigenvalue weighted by atomic mass is 16.6. The number of hydrogen-bond donors (Lipinski definition) is 2. The number of hydrogen-bond acceptors (Lipinski definition) is 8. The first-order valence-corrected chi connectivity index (χ1v) is 14.7. The molecule has 0 radical (unpaired) electrons. The zero-order valence-electron chi connectivity index (χ0n) is 22.8. The van der Waals surface area contributed by atoms with E-state index in [1.165, 1.54) is 64.2 Å². The predicted molar refractivity (Wildman–Crippen MR) is 141 cm³/mol. The summed E-state index contributed by atoms with van der Waals surface area (Å²) in [6, 6.07) is 1.32. The first-order valence-electron chi connectivity index (χ1n) is 14.7. The average molecular weight is 507 g/mol. The Balaban J connectivity index is 1.31. The van der Waals surface area contributed by atoms with E-state index in [1.807, 2.05) is 14.1 Å². The van der Waals surface area contributed by atoms with Crippen LogP contribution in [0.1, 0.15) is 89.9 Å². The molecule has 4 fully saturated rings. The Morgan fingerprint density at radius 1 is 0.639 bits per heavy atom. The van der Waals surface area contributed by atoms with Crippen molar-refractivity contribution in [1.82, 2.24) is 20.4 Å². The topological polar surface area (TPSA) is 83.1 Å². The maximum Gasteiger partial charge on any atom is 0.418 e. The minimum Gasteiger partial charge on any atom is -0.449 e. The summed E-state index contributed by atoms with van der Waals surface area (Å²) in [6.45, 7) is 4.76. The number of rotatable bonds is 8. The molecule has 4 aliphatic rings. The molecule has 0 aromatic heterocycles. The summed E-state index contributed by atoms with van der Waals surface area (Å²) in [7, 11) is 3.76. The molecule has 2 saturated carbocycles. The summed E-state index contributed by atoms with van der Waals surface area (Å²) >= 11 is 0. The largest absolute Gasteiger partial charge is 0.449 e. The lowest BCUT2D eigenvalue weighted by Gasteiger charge is -2.45. The summed E-state index contributed by atoms with van der Waals surface area (Å²) < 4.78 is 11.9. The number of likely N-dealkylation sites (tertiary alicyclic amines) is 2. The van der Waals surface area contributed by atoms with Crippen molar-refractivity contribution >= 4 is 11.9 Å². The number of carbonyl (C=O) groups excluding carboxylic acids is 2. The summed E-state index contributed by atoms with van der Waals surface area (Å²) in [5, 5.41) is 6.40. The van der Waals surface area contributed by atoms with Crippen molar-refractivity contribution in [3.8, 4) is 0 Å². The molecule has 2 aliphatic heterocycles. The van der Waals surface area contributed by atoms with Crippen LogP contribution in [0.25, 0.3) is 0 Å². The molecule has 2 N–H and O–H groups in total. The number of nitrogens with one attached hydrogen (secondary N) is 2. The molecular weight excluding hydrogens is 456 g/mol. The first kappa shape index (κ1) is 27.8. The Morgan fingerprint density at radius 3 is 1.28 bits per heavy atom. The first-order chi connectivity index (χ1) is 17.5. The van der Waals surface area contributed by atoms with Gasteiger partial charge in [0.25, 0.3) is 0 Å². The Hall–Kier alpha value is -1.22. The van der Waals surface area contributed by atoms with Crippen molar-refractivity contribution < 1.29 is 19.1 Å². The van der Waals surface area contributed by atoms with Gasteiger partial charge in [0, 0.05) is 77.0 Å². The van der Waals surface area contributed by atoms with Gasteiger partial charge in [0.15, 0.2) is 0 Å². The zero-order valence-corrected chi connectivity index (χ0v) is 22.8. The number of esters is 2. The van der Waals surface area contributed by atoms with Crippen LogP contribution in [0.15, 0.2) is 0 Å². The maximum atomic E-state index is 13.0. The van der Waals surface area contributed by atoms with E-state index < -0.39 is 23.1 Å². The quantitative estimate of drug-likeness (QED) is 0.384. The van der Waals surface area contributed by atoms with Crippen LogP contribution in [-0.2, 0) is 19.1 Å². The molecule has 0 aromatic carbocycles. The lowest BCUT2D eigenvalue weighted by Crippen LogP contribution is -2.56. The second-order valence-electron chi connectivity index (χ2n) is 11.9. The molecule has 2 saturated heterocycles. The van der Waals surface area contributed by atoms with Crippen LogP contribution in [0.5, 0.6) is 0 Å². The third-order valence-electron chi connectivity index (χ3n) is 9.38. The van der Waals surface area contributed by atoms with E-state index in [9.17, 15) is 9.59 Å². The molecule has 0 aromatic rings. The van der Waals surface area contributed by atoms with Gasteiger partial charge in [-0.25, -0.2) is 9.59 Å². The van der Waals surface area contributed by atoms with Crippen molar-refractivity contribution in [3.63, 3.8) is 0 Å². The highest BCUT2D eigenvalue weighted by molar-refractivity contribution is 6.29. The van der Waals surface area contributed by atoms with Gasteiger partial charge in [-0.15, -0.1) is 0 Å².